The lowest BCUT2D eigenvalue weighted by molar-refractivity contribution is 0.796. The van der Waals surface area contributed by atoms with Gasteiger partial charge < -0.3 is 4.57 Å². The summed E-state index contributed by atoms with van der Waals surface area (Å²) >= 11 is 0. The fourth-order valence-electron chi connectivity index (χ4n) is 2.33. The average Bonchev–Trinajstić information content (AvgIpc) is 2.85. The van der Waals surface area contributed by atoms with Gasteiger partial charge in [0.15, 0.2) is 0 Å². The molecule has 0 aliphatic carbocycles. The number of rotatable bonds is 2. The van der Waals surface area contributed by atoms with Crippen molar-refractivity contribution in [1.29, 1.82) is 5.26 Å². The molecule has 2 aromatic carbocycles. The molecule has 0 bridgehead atoms. The third-order valence-electron chi connectivity index (χ3n) is 3.23. The van der Waals surface area contributed by atoms with E-state index in [1.807, 2.05) is 36.4 Å². The molecule has 3 nitrogen and oxygen atoms in total. The second kappa shape index (κ2) is 4.58. The Morgan fingerprint density at radius 3 is 2.63 bits per heavy atom. The highest BCUT2D eigenvalue weighted by molar-refractivity contribution is 5.81. The van der Waals surface area contributed by atoms with Crippen LogP contribution in [0.25, 0.3) is 22.4 Å². The highest BCUT2D eigenvalue weighted by atomic mass is 15.1. The summed E-state index contributed by atoms with van der Waals surface area (Å²) in [6.45, 7) is 2.96. The van der Waals surface area contributed by atoms with Crippen LogP contribution in [0.4, 0.5) is 0 Å². The van der Waals surface area contributed by atoms with Gasteiger partial charge in [-0.2, -0.15) is 5.26 Å². The molecule has 0 N–H and O–H groups in total. The highest BCUT2D eigenvalue weighted by Crippen LogP contribution is 2.25. The molecule has 0 radical (unpaired) electrons. The first-order valence-corrected chi connectivity index (χ1v) is 6.29. The van der Waals surface area contributed by atoms with E-state index < -0.39 is 0 Å². The van der Waals surface area contributed by atoms with Crippen molar-refractivity contribution in [1.82, 2.24) is 9.55 Å². The number of aryl methyl sites for hydroxylation is 1. The fourth-order valence-corrected chi connectivity index (χ4v) is 2.33. The Morgan fingerprint density at radius 1 is 1.16 bits per heavy atom. The lowest BCUT2D eigenvalue weighted by Gasteiger charge is -2.05. The molecule has 0 aliphatic rings. The van der Waals surface area contributed by atoms with E-state index in [0.717, 1.165) is 29.0 Å². The van der Waals surface area contributed by atoms with Gasteiger partial charge in [0.05, 0.1) is 22.7 Å². The minimum absolute atomic E-state index is 0.646. The topological polar surface area (TPSA) is 41.6 Å². The summed E-state index contributed by atoms with van der Waals surface area (Å²) in [6.07, 6.45) is 0. The summed E-state index contributed by atoms with van der Waals surface area (Å²) < 4.78 is 2.17. The number of nitriles is 1. The Labute approximate surface area is 111 Å². The maximum absolute atomic E-state index is 8.96. The smallest absolute Gasteiger partial charge is 0.141 e. The van der Waals surface area contributed by atoms with Gasteiger partial charge in [0.2, 0.25) is 0 Å². The zero-order valence-electron chi connectivity index (χ0n) is 10.7. The molecular weight excluding hydrogens is 234 g/mol. The van der Waals surface area contributed by atoms with Gasteiger partial charge in [-0.05, 0) is 25.1 Å². The molecule has 0 amide bonds. The van der Waals surface area contributed by atoms with Crippen LogP contribution in [0.1, 0.15) is 12.5 Å². The number of hydrogen-bond donors (Lipinski definition) is 0. The molecule has 3 aromatic rings. The molecule has 3 rings (SSSR count). The normalized spacial score (nSPS) is 10.5. The van der Waals surface area contributed by atoms with Crippen molar-refractivity contribution >= 4 is 11.0 Å². The zero-order chi connectivity index (χ0) is 13.2. The van der Waals surface area contributed by atoms with Gasteiger partial charge in [-0.1, -0.05) is 30.3 Å². The predicted molar refractivity (Wildman–Crippen MR) is 75.6 cm³/mol. The first-order chi connectivity index (χ1) is 9.33. The quantitative estimate of drug-likeness (QED) is 0.694. The van der Waals surface area contributed by atoms with Gasteiger partial charge in [-0.3, -0.25) is 0 Å². The Hall–Kier alpha value is -2.60. The van der Waals surface area contributed by atoms with Gasteiger partial charge in [0.1, 0.15) is 5.82 Å². The molecule has 1 heterocycles. The van der Waals surface area contributed by atoms with Gasteiger partial charge in [0, 0.05) is 12.1 Å². The second-order valence-corrected chi connectivity index (χ2v) is 4.36. The Balaban J connectivity index is 2.28. The van der Waals surface area contributed by atoms with E-state index in [1.54, 1.807) is 0 Å². The Bertz CT molecular complexity index is 764. The lowest BCUT2D eigenvalue weighted by atomic mass is 10.2. The van der Waals surface area contributed by atoms with Crippen molar-refractivity contribution in [3.05, 3.63) is 54.1 Å². The largest absolute Gasteiger partial charge is 0.324 e. The van der Waals surface area contributed by atoms with Crippen LogP contribution >= 0.6 is 0 Å². The van der Waals surface area contributed by atoms with Crippen LogP contribution in [0, 0.1) is 11.3 Å². The molecule has 0 spiro atoms. The van der Waals surface area contributed by atoms with Crippen LogP contribution < -0.4 is 0 Å². The molecule has 0 saturated carbocycles. The maximum atomic E-state index is 8.96. The van der Waals surface area contributed by atoms with Gasteiger partial charge in [-0.25, -0.2) is 4.98 Å². The number of hydrogen-bond acceptors (Lipinski definition) is 2. The SMILES string of the molecule is CCn1c(-c2ccccc2)nc2cc(C#N)ccc21. The van der Waals surface area contributed by atoms with Crippen LogP contribution in [0.2, 0.25) is 0 Å². The third kappa shape index (κ3) is 1.88. The molecule has 0 saturated heterocycles. The van der Waals surface area contributed by atoms with Gasteiger partial charge >= 0.3 is 0 Å². The molecule has 19 heavy (non-hydrogen) atoms. The Morgan fingerprint density at radius 2 is 1.95 bits per heavy atom. The van der Waals surface area contributed by atoms with E-state index in [0.29, 0.717) is 5.56 Å². The molecule has 92 valence electrons. The average molecular weight is 247 g/mol. The summed E-state index contributed by atoms with van der Waals surface area (Å²) in [5, 5.41) is 8.96. The number of benzene rings is 2. The van der Waals surface area contributed by atoms with E-state index >= 15 is 0 Å². The summed E-state index contributed by atoms with van der Waals surface area (Å²) in [5.74, 6) is 0.952. The van der Waals surface area contributed by atoms with Crippen LogP contribution in [-0.4, -0.2) is 9.55 Å². The minimum Gasteiger partial charge on any atom is -0.324 e. The lowest BCUT2D eigenvalue weighted by Crippen LogP contribution is -1.97. The van der Waals surface area contributed by atoms with Crippen molar-refractivity contribution in [3.8, 4) is 17.5 Å². The molecule has 0 fully saturated rings. The number of nitrogens with zero attached hydrogens (tertiary/aromatic N) is 3. The molecule has 0 unspecified atom stereocenters. The molecule has 0 aliphatic heterocycles. The molecular formula is C16H13N3. The molecule has 3 heteroatoms. The van der Waals surface area contributed by atoms with Gasteiger partial charge in [-0.15, -0.1) is 0 Å². The minimum atomic E-state index is 0.646. The number of aromatic nitrogens is 2. The zero-order valence-corrected chi connectivity index (χ0v) is 10.7. The summed E-state index contributed by atoms with van der Waals surface area (Å²) in [7, 11) is 0. The molecule has 0 atom stereocenters. The third-order valence-corrected chi connectivity index (χ3v) is 3.23. The number of imidazole rings is 1. The predicted octanol–water partition coefficient (Wildman–Crippen LogP) is 3.59. The fraction of sp³-hybridized carbons (Fsp3) is 0.125. The number of fused-ring (bicyclic) bond motifs is 1. The first-order valence-electron chi connectivity index (χ1n) is 6.29. The van der Waals surface area contributed by atoms with Crippen molar-refractivity contribution < 1.29 is 0 Å². The van der Waals surface area contributed by atoms with Crippen LogP contribution in [-0.2, 0) is 6.54 Å². The highest BCUT2D eigenvalue weighted by Gasteiger charge is 2.11. The van der Waals surface area contributed by atoms with Gasteiger partial charge in [0.25, 0.3) is 0 Å². The first kappa shape index (κ1) is 11.5. The van der Waals surface area contributed by atoms with Crippen molar-refractivity contribution in [3.63, 3.8) is 0 Å². The summed E-state index contributed by atoms with van der Waals surface area (Å²) in [5.41, 5.74) is 3.69. The second-order valence-electron chi connectivity index (χ2n) is 4.36. The van der Waals surface area contributed by atoms with Crippen molar-refractivity contribution in [2.75, 3.05) is 0 Å². The van der Waals surface area contributed by atoms with Crippen LogP contribution in [0.5, 0.6) is 0 Å². The van der Waals surface area contributed by atoms with E-state index in [1.165, 1.54) is 0 Å². The van der Waals surface area contributed by atoms with Crippen LogP contribution in [0.15, 0.2) is 48.5 Å². The van der Waals surface area contributed by atoms with Crippen molar-refractivity contribution in [2.24, 2.45) is 0 Å². The van der Waals surface area contributed by atoms with E-state index in [2.05, 4.69) is 34.7 Å². The molecule has 1 aromatic heterocycles. The van der Waals surface area contributed by atoms with E-state index in [4.69, 9.17) is 5.26 Å². The monoisotopic (exact) mass is 247 g/mol. The maximum Gasteiger partial charge on any atom is 0.141 e. The van der Waals surface area contributed by atoms with E-state index in [9.17, 15) is 0 Å². The standard InChI is InChI=1S/C16H13N3/c1-2-19-15-9-8-12(11-17)10-14(15)18-16(19)13-6-4-3-5-7-13/h3-10H,2H2,1H3. The Kier molecular flexibility index (Phi) is 2.77. The van der Waals surface area contributed by atoms with E-state index in [-0.39, 0.29) is 0 Å². The van der Waals surface area contributed by atoms with Crippen molar-refractivity contribution in [2.45, 2.75) is 13.5 Å². The summed E-state index contributed by atoms with van der Waals surface area (Å²) in [6, 6.07) is 17.9. The van der Waals surface area contributed by atoms with Crippen LogP contribution in [0.3, 0.4) is 0 Å². The summed E-state index contributed by atoms with van der Waals surface area (Å²) in [4.78, 5) is 4.67.